The van der Waals surface area contributed by atoms with E-state index in [2.05, 4.69) is 10.5 Å². The molecule has 0 aliphatic heterocycles. The first kappa shape index (κ1) is 24.6. The summed E-state index contributed by atoms with van der Waals surface area (Å²) < 4.78 is 23.0. The highest BCUT2D eigenvalue weighted by atomic mass is 16.5. The second kappa shape index (κ2) is 11.7. The maximum Gasteiger partial charge on any atom is 0.331 e. The number of hydrogen-bond acceptors (Lipinski definition) is 7. The van der Waals surface area contributed by atoms with Crippen LogP contribution in [0.3, 0.4) is 0 Å². The van der Waals surface area contributed by atoms with Crippen molar-refractivity contribution in [1.29, 1.82) is 0 Å². The van der Waals surface area contributed by atoms with Gasteiger partial charge in [0.25, 0.3) is 5.91 Å². The first-order valence-electron chi connectivity index (χ1n) is 11.0. The Morgan fingerprint density at radius 2 is 1.79 bits per heavy atom. The van der Waals surface area contributed by atoms with Crippen molar-refractivity contribution in [2.45, 2.75) is 27.7 Å². The molecule has 3 rings (SSSR count). The SMILES string of the molecule is CCOc1ccc(OCCNC(=O)COC(=O)/C=C/c2cc(C)n(-c3cc(C)on3)c2C)cc1. The normalized spacial score (nSPS) is 10.9. The molecular weight excluding hydrogens is 438 g/mol. The van der Waals surface area contributed by atoms with Crippen molar-refractivity contribution in [1.82, 2.24) is 15.0 Å². The number of aryl methyl sites for hydroxylation is 2. The van der Waals surface area contributed by atoms with Crippen molar-refractivity contribution in [3.05, 3.63) is 65.2 Å². The Kier molecular flexibility index (Phi) is 8.50. The molecule has 34 heavy (non-hydrogen) atoms. The van der Waals surface area contributed by atoms with Gasteiger partial charge in [0.2, 0.25) is 0 Å². The molecular formula is C25H29N3O6. The molecule has 0 spiro atoms. The summed E-state index contributed by atoms with van der Waals surface area (Å²) in [6.07, 6.45) is 2.94. The second-order valence-corrected chi connectivity index (χ2v) is 7.50. The summed E-state index contributed by atoms with van der Waals surface area (Å²) in [5.41, 5.74) is 2.69. The van der Waals surface area contributed by atoms with E-state index in [4.69, 9.17) is 18.7 Å². The largest absolute Gasteiger partial charge is 0.494 e. The highest BCUT2D eigenvalue weighted by molar-refractivity contribution is 5.89. The number of esters is 1. The monoisotopic (exact) mass is 467 g/mol. The van der Waals surface area contributed by atoms with Crippen molar-refractivity contribution in [3.8, 4) is 17.3 Å². The number of benzene rings is 1. The third kappa shape index (κ3) is 6.74. The summed E-state index contributed by atoms with van der Waals surface area (Å²) in [6, 6.07) is 11.0. The van der Waals surface area contributed by atoms with Gasteiger partial charge in [0.05, 0.1) is 13.2 Å². The molecule has 0 aliphatic carbocycles. The minimum Gasteiger partial charge on any atom is -0.494 e. The molecule has 2 heterocycles. The molecule has 3 aromatic rings. The summed E-state index contributed by atoms with van der Waals surface area (Å²) >= 11 is 0. The van der Waals surface area contributed by atoms with Gasteiger partial charge in [-0.25, -0.2) is 4.79 Å². The van der Waals surface area contributed by atoms with Gasteiger partial charge >= 0.3 is 5.97 Å². The van der Waals surface area contributed by atoms with Gasteiger partial charge in [-0.3, -0.25) is 9.36 Å². The molecule has 1 N–H and O–H groups in total. The van der Waals surface area contributed by atoms with Gasteiger partial charge in [-0.15, -0.1) is 0 Å². The molecule has 0 saturated carbocycles. The Hall–Kier alpha value is -4.01. The van der Waals surface area contributed by atoms with E-state index in [1.165, 1.54) is 6.08 Å². The number of carbonyl (C=O) groups excluding carboxylic acids is 2. The number of carbonyl (C=O) groups is 2. The zero-order chi connectivity index (χ0) is 24.5. The van der Waals surface area contributed by atoms with Crippen LogP contribution < -0.4 is 14.8 Å². The van der Waals surface area contributed by atoms with E-state index in [0.717, 1.165) is 22.7 Å². The van der Waals surface area contributed by atoms with Crippen LogP contribution in [0.25, 0.3) is 11.9 Å². The third-order valence-electron chi connectivity index (χ3n) is 4.89. The van der Waals surface area contributed by atoms with Gasteiger partial charge in [-0.05, 0) is 69.7 Å². The van der Waals surface area contributed by atoms with Crippen LogP contribution in [0.4, 0.5) is 0 Å². The van der Waals surface area contributed by atoms with E-state index in [0.29, 0.717) is 23.9 Å². The molecule has 0 unspecified atom stereocenters. The van der Waals surface area contributed by atoms with E-state index in [-0.39, 0.29) is 19.8 Å². The zero-order valence-corrected chi connectivity index (χ0v) is 19.8. The van der Waals surface area contributed by atoms with Crippen molar-refractivity contribution in [2.24, 2.45) is 0 Å². The second-order valence-electron chi connectivity index (χ2n) is 7.50. The molecule has 0 atom stereocenters. The van der Waals surface area contributed by atoms with Gasteiger partial charge in [0.15, 0.2) is 12.4 Å². The Morgan fingerprint density at radius 1 is 1.09 bits per heavy atom. The Balaban J connectivity index is 1.39. The fourth-order valence-electron chi connectivity index (χ4n) is 3.32. The molecule has 0 aliphatic rings. The van der Waals surface area contributed by atoms with Crippen LogP contribution in [-0.2, 0) is 14.3 Å². The predicted octanol–water partition coefficient (Wildman–Crippen LogP) is 3.54. The molecule has 0 bridgehead atoms. The van der Waals surface area contributed by atoms with Gasteiger partial charge in [0.1, 0.15) is 23.9 Å². The van der Waals surface area contributed by atoms with Gasteiger partial charge in [-0.2, -0.15) is 0 Å². The highest BCUT2D eigenvalue weighted by Gasteiger charge is 2.12. The first-order valence-corrected chi connectivity index (χ1v) is 11.0. The minimum atomic E-state index is -0.608. The average Bonchev–Trinajstić information content (AvgIpc) is 3.36. The first-order chi connectivity index (χ1) is 16.4. The maximum atomic E-state index is 12.0. The molecule has 0 radical (unpaired) electrons. The lowest BCUT2D eigenvalue weighted by Gasteiger charge is -2.09. The fourth-order valence-corrected chi connectivity index (χ4v) is 3.32. The van der Waals surface area contributed by atoms with Crippen LogP contribution >= 0.6 is 0 Å². The quantitative estimate of drug-likeness (QED) is 0.261. The molecule has 1 aromatic carbocycles. The van der Waals surface area contributed by atoms with Gasteiger partial charge < -0.3 is 24.1 Å². The summed E-state index contributed by atoms with van der Waals surface area (Å²) in [6.45, 7) is 8.41. The molecule has 0 fully saturated rings. The minimum absolute atomic E-state index is 0.285. The van der Waals surface area contributed by atoms with Crippen LogP contribution in [-0.4, -0.2) is 48.0 Å². The molecule has 0 saturated heterocycles. The van der Waals surface area contributed by atoms with Crippen LogP contribution in [0.2, 0.25) is 0 Å². The smallest absolute Gasteiger partial charge is 0.331 e. The Morgan fingerprint density at radius 3 is 2.44 bits per heavy atom. The number of ether oxygens (including phenoxy) is 3. The van der Waals surface area contributed by atoms with E-state index in [1.54, 1.807) is 18.2 Å². The van der Waals surface area contributed by atoms with Crippen LogP contribution in [0.15, 0.2) is 47.0 Å². The summed E-state index contributed by atoms with van der Waals surface area (Å²) in [5.74, 6) is 1.82. The summed E-state index contributed by atoms with van der Waals surface area (Å²) in [4.78, 5) is 23.9. The number of rotatable bonds is 11. The standard InChI is InChI=1S/C25H29N3O6/c1-5-31-21-7-9-22(10-8-21)32-13-12-26-24(29)16-33-25(30)11-6-20-14-17(2)28(19(20)4)23-15-18(3)34-27-23/h6-11,14-15H,5,12-13,16H2,1-4H3,(H,26,29)/b11-6+. The number of hydrogen-bond donors (Lipinski definition) is 1. The van der Waals surface area contributed by atoms with Crippen molar-refractivity contribution in [3.63, 3.8) is 0 Å². The van der Waals surface area contributed by atoms with E-state index < -0.39 is 11.9 Å². The van der Waals surface area contributed by atoms with Crippen molar-refractivity contribution in [2.75, 3.05) is 26.4 Å². The Labute approximate surface area is 198 Å². The van der Waals surface area contributed by atoms with Gasteiger partial charge in [0, 0.05) is 23.5 Å². The fraction of sp³-hybridized carbons (Fsp3) is 0.320. The van der Waals surface area contributed by atoms with Gasteiger partial charge in [-0.1, -0.05) is 5.16 Å². The molecule has 9 nitrogen and oxygen atoms in total. The van der Waals surface area contributed by atoms with Crippen molar-refractivity contribution < 1.29 is 28.3 Å². The number of nitrogens with one attached hydrogen (secondary N) is 1. The van der Waals surface area contributed by atoms with Crippen LogP contribution in [0, 0.1) is 20.8 Å². The van der Waals surface area contributed by atoms with E-state index in [1.807, 2.05) is 56.5 Å². The summed E-state index contributed by atoms with van der Waals surface area (Å²) in [5, 5.41) is 6.68. The zero-order valence-electron chi connectivity index (χ0n) is 19.8. The van der Waals surface area contributed by atoms with Crippen LogP contribution in [0.5, 0.6) is 11.5 Å². The number of aromatic nitrogens is 2. The number of nitrogens with zero attached hydrogens (tertiary/aromatic N) is 2. The van der Waals surface area contributed by atoms with Crippen molar-refractivity contribution >= 4 is 18.0 Å². The lowest BCUT2D eigenvalue weighted by Crippen LogP contribution is -2.31. The molecule has 1 amide bonds. The summed E-state index contributed by atoms with van der Waals surface area (Å²) in [7, 11) is 0. The van der Waals surface area contributed by atoms with E-state index in [9.17, 15) is 9.59 Å². The average molecular weight is 468 g/mol. The lowest BCUT2D eigenvalue weighted by atomic mass is 10.2. The highest BCUT2D eigenvalue weighted by Crippen LogP contribution is 2.21. The molecule has 2 aromatic heterocycles. The maximum absolute atomic E-state index is 12.0. The number of amides is 1. The molecule has 180 valence electrons. The van der Waals surface area contributed by atoms with Crippen LogP contribution in [0.1, 0.15) is 29.6 Å². The molecule has 9 heteroatoms. The third-order valence-corrected chi connectivity index (χ3v) is 4.89. The predicted molar refractivity (Wildman–Crippen MR) is 126 cm³/mol. The van der Waals surface area contributed by atoms with E-state index >= 15 is 0 Å². The topological polar surface area (TPSA) is 105 Å². The lowest BCUT2D eigenvalue weighted by molar-refractivity contribution is -0.143. The Bertz CT molecular complexity index is 1140.